The first kappa shape index (κ1) is 9.48. The van der Waals surface area contributed by atoms with Gasteiger partial charge in [0, 0.05) is 19.7 Å². The number of hydrogen-bond acceptors (Lipinski definition) is 5. The summed E-state index contributed by atoms with van der Waals surface area (Å²) in [7, 11) is 2.05. The number of nitrogens with zero attached hydrogens (tertiary/aromatic N) is 2. The zero-order valence-electron chi connectivity index (χ0n) is 7.80. The van der Waals surface area contributed by atoms with Crippen LogP contribution in [-0.2, 0) is 6.54 Å². The third-order valence-corrected chi connectivity index (χ3v) is 3.54. The van der Waals surface area contributed by atoms with Crippen molar-refractivity contribution in [2.45, 2.75) is 6.54 Å². The van der Waals surface area contributed by atoms with Crippen LogP contribution in [0.5, 0.6) is 0 Å². The van der Waals surface area contributed by atoms with E-state index in [2.05, 4.69) is 26.1 Å². The van der Waals surface area contributed by atoms with Gasteiger partial charge in [-0.2, -0.15) is 15.7 Å². The summed E-state index contributed by atoms with van der Waals surface area (Å²) in [6.07, 6.45) is 0. The van der Waals surface area contributed by atoms with Crippen molar-refractivity contribution in [3.8, 4) is 0 Å². The molecule has 0 aliphatic rings. The summed E-state index contributed by atoms with van der Waals surface area (Å²) in [5.41, 5.74) is 6.89. The maximum atomic E-state index is 5.56. The molecule has 0 fully saturated rings. The highest BCUT2D eigenvalue weighted by Gasteiger charge is 2.05. The predicted molar refractivity (Wildman–Crippen MR) is 63.0 cm³/mol. The third-order valence-electron chi connectivity index (χ3n) is 1.89. The second kappa shape index (κ2) is 3.98. The maximum Gasteiger partial charge on any atom is 0.139 e. The molecule has 0 saturated carbocycles. The van der Waals surface area contributed by atoms with Gasteiger partial charge in [0.05, 0.1) is 0 Å². The molecule has 0 saturated heterocycles. The van der Waals surface area contributed by atoms with Crippen LogP contribution in [0, 0.1) is 0 Å². The molecule has 0 aliphatic heterocycles. The highest BCUT2D eigenvalue weighted by Crippen LogP contribution is 2.23. The standard InChI is InChI=1S/C9H11N3S2/c1-12(5-7-2-3-13-6-7)9-4-8(10)11-14-9/h2-4,6H,5H2,1H3,(H2,10,11). The Morgan fingerprint density at radius 2 is 2.43 bits per heavy atom. The van der Waals surface area contributed by atoms with Crippen LogP contribution in [-0.4, -0.2) is 11.4 Å². The molecule has 0 spiro atoms. The van der Waals surface area contributed by atoms with Gasteiger partial charge in [-0.25, -0.2) is 0 Å². The fourth-order valence-electron chi connectivity index (χ4n) is 1.19. The molecule has 2 heterocycles. The van der Waals surface area contributed by atoms with Gasteiger partial charge in [-0.05, 0) is 33.9 Å². The number of rotatable bonds is 3. The Labute approximate surface area is 91.0 Å². The van der Waals surface area contributed by atoms with Crippen LogP contribution in [0.15, 0.2) is 22.9 Å². The second-order valence-corrected chi connectivity index (χ2v) is 4.64. The number of nitrogen functional groups attached to an aromatic ring is 1. The molecule has 0 amide bonds. The van der Waals surface area contributed by atoms with Crippen LogP contribution < -0.4 is 10.6 Å². The van der Waals surface area contributed by atoms with Gasteiger partial charge in [0.25, 0.3) is 0 Å². The first-order valence-corrected chi connectivity index (χ1v) is 5.92. The summed E-state index contributed by atoms with van der Waals surface area (Å²) in [5, 5.41) is 5.35. The van der Waals surface area contributed by atoms with E-state index in [1.807, 2.05) is 13.1 Å². The number of hydrogen-bond donors (Lipinski definition) is 1. The molecule has 0 atom stereocenters. The molecular formula is C9H11N3S2. The second-order valence-electron chi connectivity index (χ2n) is 3.08. The lowest BCUT2D eigenvalue weighted by molar-refractivity contribution is 0.940. The number of aromatic nitrogens is 1. The molecule has 0 bridgehead atoms. The minimum atomic E-state index is 0.599. The molecule has 5 heteroatoms. The molecule has 0 aliphatic carbocycles. The molecule has 3 nitrogen and oxygen atoms in total. The van der Waals surface area contributed by atoms with Crippen molar-refractivity contribution >= 4 is 33.7 Å². The summed E-state index contributed by atoms with van der Waals surface area (Å²) in [6.45, 7) is 0.908. The monoisotopic (exact) mass is 225 g/mol. The molecule has 74 valence electrons. The lowest BCUT2D eigenvalue weighted by Crippen LogP contribution is -2.14. The van der Waals surface area contributed by atoms with Gasteiger partial charge in [-0.15, -0.1) is 0 Å². The average molecular weight is 225 g/mol. The summed E-state index contributed by atoms with van der Waals surface area (Å²) in [5.74, 6) is 0.599. The number of nitrogens with two attached hydrogens (primary N) is 1. The quantitative estimate of drug-likeness (QED) is 0.872. The lowest BCUT2D eigenvalue weighted by Gasteiger charge is -2.14. The minimum absolute atomic E-state index is 0.599. The van der Waals surface area contributed by atoms with Crippen molar-refractivity contribution in [3.05, 3.63) is 28.5 Å². The average Bonchev–Trinajstić information content (AvgIpc) is 2.75. The van der Waals surface area contributed by atoms with E-state index in [9.17, 15) is 0 Å². The van der Waals surface area contributed by atoms with Gasteiger partial charge in [-0.3, -0.25) is 0 Å². The zero-order chi connectivity index (χ0) is 9.97. The smallest absolute Gasteiger partial charge is 0.139 e. The molecule has 2 rings (SSSR count). The van der Waals surface area contributed by atoms with Crippen LogP contribution in [0.4, 0.5) is 10.8 Å². The van der Waals surface area contributed by atoms with E-state index in [1.165, 1.54) is 17.1 Å². The van der Waals surface area contributed by atoms with E-state index >= 15 is 0 Å². The van der Waals surface area contributed by atoms with Gasteiger partial charge < -0.3 is 10.6 Å². The minimum Gasteiger partial charge on any atom is -0.383 e. The lowest BCUT2D eigenvalue weighted by atomic mass is 10.3. The van der Waals surface area contributed by atoms with E-state index in [0.29, 0.717) is 5.82 Å². The van der Waals surface area contributed by atoms with Crippen molar-refractivity contribution in [2.24, 2.45) is 0 Å². The highest BCUT2D eigenvalue weighted by atomic mass is 32.1. The Kier molecular flexibility index (Phi) is 2.69. The fraction of sp³-hybridized carbons (Fsp3) is 0.222. The van der Waals surface area contributed by atoms with Gasteiger partial charge in [0.1, 0.15) is 10.8 Å². The van der Waals surface area contributed by atoms with Crippen LogP contribution in [0.1, 0.15) is 5.56 Å². The Morgan fingerprint density at radius 1 is 1.57 bits per heavy atom. The molecule has 2 N–H and O–H groups in total. The SMILES string of the molecule is CN(Cc1ccsc1)c1cc(N)ns1. The first-order valence-electron chi connectivity index (χ1n) is 4.20. The summed E-state index contributed by atoms with van der Waals surface area (Å²) >= 11 is 3.15. The van der Waals surface area contributed by atoms with Gasteiger partial charge >= 0.3 is 0 Å². The van der Waals surface area contributed by atoms with E-state index in [0.717, 1.165) is 11.5 Å². The van der Waals surface area contributed by atoms with E-state index in [1.54, 1.807) is 11.3 Å². The van der Waals surface area contributed by atoms with E-state index in [-0.39, 0.29) is 0 Å². The topological polar surface area (TPSA) is 42.1 Å². The predicted octanol–water partition coefficient (Wildman–Crippen LogP) is 2.42. The molecule has 2 aromatic rings. The molecule has 14 heavy (non-hydrogen) atoms. The van der Waals surface area contributed by atoms with Crippen molar-refractivity contribution < 1.29 is 0 Å². The van der Waals surface area contributed by atoms with Crippen LogP contribution >= 0.6 is 22.9 Å². The summed E-state index contributed by atoms with van der Waals surface area (Å²) in [4.78, 5) is 2.15. The van der Waals surface area contributed by atoms with Crippen molar-refractivity contribution in [1.29, 1.82) is 0 Å². The Bertz CT molecular complexity index is 394. The van der Waals surface area contributed by atoms with Gasteiger partial charge in [0.15, 0.2) is 0 Å². The Hall–Kier alpha value is -1.07. The molecule has 0 unspecified atom stereocenters. The number of thiophene rings is 1. The van der Waals surface area contributed by atoms with Gasteiger partial charge in [-0.1, -0.05) is 0 Å². The van der Waals surface area contributed by atoms with Crippen LogP contribution in [0.25, 0.3) is 0 Å². The van der Waals surface area contributed by atoms with Crippen molar-refractivity contribution in [2.75, 3.05) is 17.7 Å². The Balaban J connectivity index is 2.06. The largest absolute Gasteiger partial charge is 0.383 e. The van der Waals surface area contributed by atoms with Crippen molar-refractivity contribution in [1.82, 2.24) is 4.37 Å². The maximum absolute atomic E-state index is 5.56. The summed E-state index contributed by atoms with van der Waals surface area (Å²) in [6, 6.07) is 4.03. The number of anilines is 2. The Morgan fingerprint density at radius 3 is 3.00 bits per heavy atom. The molecule has 0 radical (unpaired) electrons. The van der Waals surface area contributed by atoms with Crippen LogP contribution in [0.3, 0.4) is 0 Å². The van der Waals surface area contributed by atoms with E-state index < -0.39 is 0 Å². The fourth-order valence-corrected chi connectivity index (χ4v) is 2.48. The molecule has 2 aromatic heterocycles. The van der Waals surface area contributed by atoms with Gasteiger partial charge in [0.2, 0.25) is 0 Å². The van der Waals surface area contributed by atoms with E-state index in [4.69, 9.17) is 5.73 Å². The zero-order valence-corrected chi connectivity index (χ0v) is 9.44. The molecule has 0 aromatic carbocycles. The summed E-state index contributed by atoms with van der Waals surface area (Å²) < 4.78 is 4.05. The van der Waals surface area contributed by atoms with Crippen LogP contribution in [0.2, 0.25) is 0 Å². The first-order chi connectivity index (χ1) is 6.75. The third kappa shape index (κ3) is 2.05. The normalized spacial score (nSPS) is 10.4. The van der Waals surface area contributed by atoms with Crippen molar-refractivity contribution in [3.63, 3.8) is 0 Å². The highest BCUT2D eigenvalue weighted by molar-refractivity contribution is 7.10. The molecular weight excluding hydrogens is 214 g/mol.